The van der Waals surface area contributed by atoms with Gasteiger partial charge in [-0.05, 0) is 12.3 Å². The molecule has 0 aromatic rings. The van der Waals surface area contributed by atoms with E-state index in [9.17, 15) is 0 Å². The summed E-state index contributed by atoms with van der Waals surface area (Å²) in [4.78, 5) is 0. The van der Waals surface area contributed by atoms with Gasteiger partial charge in [0, 0.05) is 4.20 Å². The third-order valence-electron chi connectivity index (χ3n) is 1.03. The summed E-state index contributed by atoms with van der Waals surface area (Å²) in [5.41, 5.74) is 0. The number of hydrogen-bond donors (Lipinski definition) is 1. The molecule has 0 nitrogen and oxygen atoms in total. The standard InChI is InChI=1S/C5H10S2/c1-3-4(2)5(6)7/h4H,3H2,1-2H3,(H,6,7). The van der Waals surface area contributed by atoms with Crippen molar-refractivity contribution in [2.24, 2.45) is 5.92 Å². The van der Waals surface area contributed by atoms with Crippen LogP contribution in [0.1, 0.15) is 20.3 Å². The fourth-order valence-corrected chi connectivity index (χ4v) is 0.524. The van der Waals surface area contributed by atoms with Crippen molar-refractivity contribution in [3.05, 3.63) is 0 Å². The monoisotopic (exact) mass is 134 g/mol. The molecule has 0 N–H and O–H groups in total. The van der Waals surface area contributed by atoms with Crippen molar-refractivity contribution in [3.8, 4) is 0 Å². The molecule has 0 aliphatic carbocycles. The first kappa shape index (κ1) is 7.44. The molecule has 1 unspecified atom stereocenters. The molecule has 0 bridgehead atoms. The minimum absolute atomic E-state index is 0.498. The Morgan fingerprint density at radius 3 is 2.29 bits per heavy atom. The van der Waals surface area contributed by atoms with E-state index >= 15 is 0 Å². The van der Waals surface area contributed by atoms with E-state index in [1.54, 1.807) is 0 Å². The molecule has 0 aliphatic rings. The van der Waals surface area contributed by atoms with E-state index in [1.807, 2.05) is 0 Å². The Kier molecular flexibility index (Phi) is 3.66. The van der Waals surface area contributed by atoms with Crippen molar-refractivity contribution < 1.29 is 0 Å². The highest BCUT2D eigenvalue weighted by Gasteiger charge is 1.98. The lowest BCUT2D eigenvalue weighted by atomic mass is 10.2. The average Bonchev–Trinajstić information content (AvgIpc) is 1.65. The van der Waals surface area contributed by atoms with Crippen LogP contribution in [0.5, 0.6) is 0 Å². The molecule has 0 aromatic heterocycles. The molecule has 7 heavy (non-hydrogen) atoms. The van der Waals surface area contributed by atoms with Crippen molar-refractivity contribution in [2.45, 2.75) is 20.3 Å². The van der Waals surface area contributed by atoms with E-state index in [1.165, 1.54) is 0 Å². The Hall–Kier alpha value is 0.440. The van der Waals surface area contributed by atoms with E-state index in [4.69, 9.17) is 12.2 Å². The predicted molar refractivity (Wildman–Crippen MR) is 41.0 cm³/mol. The molecule has 42 valence electrons. The number of thiocarbonyl (C=S) groups is 1. The Bertz CT molecular complexity index is 68.5. The summed E-state index contributed by atoms with van der Waals surface area (Å²) in [5.74, 6) is 0.498. The van der Waals surface area contributed by atoms with Crippen LogP contribution >= 0.6 is 24.8 Å². The zero-order valence-electron chi connectivity index (χ0n) is 4.64. The van der Waals surface area contributed by atoms with Gasteiger partial charge in [0.25, 0.3) is 0 Å². The molecule has 0 saturated carbocycles. The molecule has 2 heteroatoms. The summed E-state index contributed by atoms with van der Waals surface area (Å²) in [7, 11) is 0. The zero-order valence-corrected chi connectivity index (χ0v) is 6.35. The second-order valence-corrected chi connectivity index (χ2v) is 2.87. The lowest BCUT2D eigenvalue weighted by Crippen LogP contribution is -1.97. The summed E-state index contributed by atoms with van der Waals surface area (Å²) >= 11 is 8.79. The first-order valence-corrected chi connectivity index (χ1v) is 3.26. The van der Waals surface area contributed by atoms with E-state index < -0.39 is 0 Å². The molecule has 1 atom stereocenters. The third kappa shape index (κ3) is 3.06. The third-order valence-corrected chi connectivity index (χ3v) is 1.88. The Morgan fingerprint density at radius 2 is 2.29 bits per heavy atom. The van der Waals surface area contributed by atoms with Crippen LogP contribution < -0.4 is 0 Å². The van der Waals surface area contributed by atoms with Gasteiger partial charge in [-0.2, -0.15) is 0 Å². The number of hydrogen-bond acceptors (Lipinski definition) is 1. The van der Waals surface area contributed by atoms with Gasteiger partial charge >= 0.3 is 0 Å². The maximum Gasteiger partial charge on any atom is 0.0476 e. The Labute approximate surface area is 55.7 Å². The summed E-state index contributed by atoms with van der Waals surface area (Å²) in [6.45, 7) is 4.18. The topological polar surface area (TPSA) is 0 Å². The molecule has 0 aromatic carbocycles. The molecule has 0 radical (unpaired) electrons. The van der Waals surface area contributed by atoms with Crippen LogP contribution in [0.2, 0.25) is 0 Å². The second kappa shape index (κ2) is 3.44. The average molecular weight is 134 g/mol. The Balaban J connectivity index is 3.34. The van der Waals surface area contributed by atoms with Gasteiger partial charge in [0.1, 0.15) is 0 Å². The quantitative estimate of drug-likeness (QED) is 0.446. The van der Waals surface area contributed by atoms with Crippen molar-refractivity contribution >= 4 is 29.0 Å². The van der Waals surface area contributed by atoms with Crippen LogP contribution in [0.4, 0.5) is 0 Å². The van der Waals surface area contributed by atoms with E-state index in [0.29, 0.717) is 5.92 Å². The van der Waals surface area contributed by atoms with Crippen molar-refractivity contribution in [1.82, 2.24) is 0 Å². The van der Waals surface area contributed by atoms with Gasteiger partial charge in [-0.25, -0.2) is 0 Å². The molecule has 0 heterocycles. The molecular weight excluding hydrogens is 124 g/mol. The van der Waals surface area contributed by atoms with Crippen molar-refractivity contribution in [3.63, 3.8) is 0 Å². The minimum Gasteiger partial charge on any atom is -0.136 e. The fourth-order valence-electron chi connectivity index (χ4n) is 0.175. The van der Waals surface area contributed by atoms with Gasteiger partial charge in [-0.3, -0.25) is 0 Å². The van der Waals surface area contributed by atoms with Gasteiger partial charge in [0.15, 0.2) is 0 Å². The van der Waals surface area contributed by atoms with Gasteiger partial charge in [0.2, 0.25) is 0 Å². The maximum absolute atomic E-state index is 4.78. The van der Waals surface area contributed by atoms with Gasteiger partial charge < -0.3 is 0 Å². The van der Waals surface area contributed by atoms with Crippen LogP contribution in [-0.2, 0) is 0 Å². The highest BCUT2D eigenvalue weighted by Crippen LogP contribution is 2.05. The van der Waals surface area contributed by atoms with Crippen LogP contribution in [0, 0.1) is 5.92 Å². The SMILES string of the molecule is CCC(C)C(=S)S. The molecule has 0 saturated heterocycles. The van der Waals surface area contributed by atoms with E-state index in [-0.39, 0.29) is 0 Å². The lowest BCUT2D eigenvalue weighted by Gasteiger charge is -2.00. The normalized spacial score (nSPS) is 13.6. The lowest BCUT2D eigenvalue weighted by molar-refractivity contribution is 0.759. The van der Waals surface area contributed by atoms with E-state index in [2.05, 4.69) is 26.5 Å². The zero-order chi connectivity index (χ0) is 5.86. The highest BCUT2D eigenvalue weighted by atomic mass is 32.1. The molecule has 0 fully saturated rings. The van der Waals surface area contributed by atoms with Crippen LogP contribution in [-0.4, -0.2) is 4.20 Å². The molecular formula is C5H10S2. The van der Waals surface area contributed by atoms with Crippen molar-refractivity contribution in [1.29, 1.82) is 0 Å². The summed E-state index contributed by atoms with van der Waals surface area (Å²) in [5, 5.41) is 0. The first-order chi connectivity index (χ1) is 3.18. The maximum atomic E-state index is 4.78. The molecule has 0 aliphatic heterocycles. The highest BCUT2D eigenvalue weighted by molar-refractivity contribution is 8.11. The van der Waals surface area contributed by atoms with Crippen LogP contribution in [0.3, 0.4) is 0 Å². The Morgan fingerprint density at radius 1 is 1.86 bits per heavy atom. The van der Waals surface area contributed by atoms with Crippen molar-refractivity contribution in [2.75, 3.05) is 0 Å². The smallest absolute Gasteiger partial charge is 0.0476 e. The predicted octanol–water partition coefficient (Wildman–Crippen LogP) is 2.29. The van der Waals surface area contributed by atoms with E-state index in [0.717, 1.165) is 10.6 Å². The second-order valence-electron chi connectivity index (χ2n) is 1.65. The summed E-state index contributed by atoms with van der Waals surface area (Å²) < 4.78 is 0.822. The largest absolute Gasteiger partial charge is 0.136 e. The van der Waals surface area contributed by atoms with Crippen LogP contribution in [0.25, 0.3) is 0 Å². The summed E-state index contributed by atoms with van der Waals surface area (Å²) in [6.07, 6.45) is 1.10. The number of thiol groups is 1. The van der Waals surface area contributed by atoms with Gasteiger partial charge in [-0.15, -0.1) is 12.6 Å². The molecule has 0 amide bonds. The molecule has 0 rings (SSSR count). The summed E-state index contributed by atoms with van der Waals surface area (Å²) in [6, 6.07) is 0. The minimum atomic E-state index is 0.498. The fraction of sp³-hybridized carbons (Fsp3) is 0.800. The van der Waals surface area contributed by atoms with Gasteiger partial charge in [-0.1, -0.05) is 26.1 Å². The van der Waals surface area contributed by atoms with Gasteiger partial charge in [0.05, 0.1) is 0 Å². The molecule has 0 spiro atoms. The number of rotatable bonds is 2. The van der Waals surface area contributed by atoms with Crippen LogP contribution in [0.15, 0.2) is 0 Å². The first-order valence-electron chi connectivity index (χ1n) is 2.41.